The second-order valence-electron chi connectivity index (χ2n) is 4.64. The first-order valence-electron chi connectivity index (χ1n) is 7.28. The topological polar surface area (TPSA) is 78.4 Å². The van der Waals surface area contributed by atoms with E-state index in [-0.39, 0.29) is 29.9 Å². The number of carbonyl (C=O) groups excluding carboxylic acids is 1. The molecule has 0 aromatic carbocycles. The minimum Gasteiger partial charge on any atom is -0.356 e. The number of halogens is 1. The van der Waals surface area contributed by atoms with Crippen LogP contribution in [0.2, 0.25) is 0 Å². The van der Waals surface area contributed by atoms with Gasteiger partial charge in [0.1, 0.15) is 0 Å². The quantitative estimate of drug-likeness (QED) is 0.327. The Balaban J connectivity index is 0.00000441. The van der Waals surface area contributed by atoms with Crippen molar-refractivity contribution >= 4 is 47.2 Å². The third-order valence-electron chi connectivity index (χ3n) is 2.74. The SMILES string of the molecule is CCCNC(=O)CCNC(=NC)NCCc1ncc(C)s1.I. The van der Waals surface area contributed by atoms with E-state index in [0.717, 1.165) is 30.9 Å². The highest BCUT2D eigenvalue weighted by Gasteiger charge is 2.03. The lowest BCUT2D eigenvalue weighted by atomic mass is 10.4. The number of aryl methyl sites for hydroxylation is 1. The fraction of sp³-hybridized carbons (Fsp3) is 0.643. The van der Waals surface area contributed by atoms with E-state index in [2.05, 4.69) is 32.9 Å². The summed E-state index contributed by atoms with van der Waals surface area (Å²) in [6.07, 6.45) is 4.17. The van der Waals surface area contributed by atoms with Crippen molar-refractivity contribution in [1.29, 1.82) is 0 Å². The maximum absolute atomic E-state index is 11.5. The molecule has 0 aliphatic carbocycles. The summed E-state index contributed by atoms with van der Waals surface area (Å²) < 4.78 is 0. The van der Waals surface area contributed by atoms with Crippen molar-refractivity contribution in [2.24, 2.45) is 4.99 Å². The van der Waals surface area contributed by atoms with Gasteiger partial charge in [0.2, 0.25) is 5.91 Å². The van der Waals surface area contributed by atoms with Gasteiger partial charge in [0, 0.05) is 50.6 Å². The Bertz CT molecular complexity index is 464. The third-order valence-corrected chi connectivity index (χ3v) is 3.71. The number of aromatic nitrogens is 1. The molecule has 6 nitrogen and oxygen atoms in total. The van der Waals surface area contributed by atoms with Crippen LogP contribution >= 0.6 is 35.3 Å². The Morgan fingerprint density at radius 2 is 2.00 bits per heavy atom. The van der Waals surface area contributed by atoms with Crippen LogP contribution in [-0.2, 0) is 11.2 Å². The molecule has 1 amide bonds. The summed E-state index contributed by atoms with van der Waals surface area (Å²) in [4.78, 5) is 21.1. The Morgan fingerprint density at radius 1 is 1.27 bits per heavy atom. The van der Waals surface area contributed by atoms with Crippen LogP contribution in [0.4, 0.5) is 0 Å². The molecule has 126 valence electrons. The predicted octanol–water partition coefficient (Wildman–Crippen LogP) is 1.69. The Morgan fingerprint density at radius 3 is 2.59 bits per heavy atom. The number of hydrogen-bond acceptors (Lipinski definition) is 4. The van der Waals surface area contributed by atoms with E-state index in [1.807, 2.05) is 13.1 Å². The number of nitrogens with zero attached hydrogens (tertiary/aromatic N) is 2. The summed E-state index contributed by atoms with van der Waals surface area (Å²) in [5.41, 5.74) is 0. The van der Waals surface area contributed by atoms with E-state index in [9.17, 15) is 4.79 Å². The van der Waals surface area contributed by atoms with Gasteiger partial charge in [0.25, 0.3) is 0 Å². The molecule has 0 unspecified atom stereocenters. The molecule has 8 heteroatoms. The number of rotatable bonds is 8. The molecule has 1 aromatic rings. The van der Waals surface area contributed by atoms with Crippen LogP contribution in [0.3, 0.4) is 0 Å². The molecule has 0 saturated heterocycles. The molecule has 0 fully saturated rings. The summed E-state index contributed by atoms with van der Waals surface area (Å²) in [5.74, 6) is 0.782. The van der Waals surface area contributed by atoms with Gasteiger partial charge >= 0.3 is 0 Å². The number of guanidine groups is 1. The number of thiazole rings is 1. The van der Waals surface area contributed by atoms with Gasteiger partial charge < -0.3 is 16.0 Å². The van der Waals surface area contributed by atoms with Gasteiger partial charge in [-0.2, -0.15) is 0 Å². The standard InChI is InChI=1S/C14H25N5OS.HI/c1-4-7-16-12(20)5-8-17-14(15-3)18-9-6-13-19-10-11(2)21-13;/h10H,4-9H2,1-3H3,(H,16,20)(H2,15,17,18);1H. The minimum absolute atomic E-state index is 0. The fourth-order valence-electron chi connectivity index (χ4n) is 1.67. The van der Waals surface area contributed by atoms with E-state index in [1.165, 1.54) is 4.88 Å². The normalized spacial score (nSPS) is 10.8. The molecule has 0 spiro atoms. The molecule has 1 rings (SSSR count). The van der Waals surface area contributed by atoms with Crippen molar-refractivity contribution < 1.29 is 4.79 Å². The van der Waals surface area contributed by atoms with Gasteiger partial charge in [-0.25, -0.2) is 4.98 Å². The van der Waals surface area contributed by atoms with E-state index in [4.69, 9.17) is 0 Å². The summed E-state index contributed by atoms with van der Waals surface area (Å²) in [7, 11) is 1.72. The lowest BCUT2D eigenvalue weighted by Gasteiger charge is -2.11. The molecule has 3 N–H and O–H groups in total. The molecular weight excluding hydrogens is 413 g/mol. The van der Waals surface area contributed by atoms with Crippen LogP contribution in [0.15, 0.2) is 11.2 Å². The number of aliphatic imine (C=N–C) groups is 1. The monoisotopic (exact) mass is 439 g/mol. The number of nitrogens with one attached hydrogen (secondary N) is 3. The Kier molecular flexibility index (Phi) is 12.1. The summed E-state index contributed by atoms with van der Waals surface area (Å²) in [6.45, 7) is 6.17. The first-order chi connectivity index (χ1) is 10.2. The first kappa shape index (κ1) is 21.1. The molecule has 1 aromatic heterocycles. The highest BCUT2D eigenvalue weighted by molar-refractivity contribution is 14.0. The first-order valence-corrected chi connectivity index (χ1v) is 8.10. The molecular formula is C14H26IN5OS. The van der Waals surface area contributed by atoms with Gasteiger partial charge in [0.15, 0.2) is 5.96 Å². The maximum Gasteiger partial charge on any atom is 0.221 e. The van der Waals surface area contributed by atoms with Crippen molar-refractivity contribution in [2.75, 3.05) is 26.7 Å². The zero-order valence-corrected chi connectivity index (χ0v) is 16.6. The summed E-state index contributed by atoms with van der Waals surface area (Å²) in [6, 6.07) is 0. The van der Waals surface area contributed by atoms with E-state index < -0.39 is 0 Å². The van der Waals surface area contributed by atoms with Crippen molar-refractivity contribution in [2.45, 2.75) is 33.1 Å². The van der Waals surface area contributed by atoms with Gasteiger partial charge in [-0.15, -0.1) is 35.3 Å². The Labute approximate surface area is 153 Å². The van der Waals surface area contributed by atoms with E-state index in [0.29, 0.717) is 18.9 Å². The molecule has 0 bridgehead atoms. The molecule has 22 heavy (non-hydrogen) atoms. The smallest absolute Gasteiger partial charge is 0.221 e. The molecule has 0 aliphatic rings. The third kappa shape index (κ3) is 9.19. The average molecular weight is 439 g/mol. The lowest BCUT2D eigenvalue weighted by molar-refractivity contribution is -0.120. The van der Waals surface area contributed by atoms with Gasteiger partial charge in [-0.1, -0.05) is 6.92 Å². The van der Waals surface area contributed by atoms with E-state index >= 15 is 0 Å². The number of amides is 1. The number of hydrogen-bond donors (Lipinski definition) is 3. The molecule has 0 saturated carbocycles. The molecule has 0 aliphatic heterocycles. The fourth-order valence-corrected chi connectivity index (χ4v) is 2.46. The summed E-state index contributed by atoms with van der Waals surface area (Å²) in [5, 5.41) is 10.3. The maximum atomic E-state index is 11.5. The molecule has 0 atom stereocenters. The minimum atomic E-state index is 0. The van der Waals surface area contributed by atoms with Crippen LogP contribution in [0.5, 0.6) is 0 Å². The van der Waals surface area contributed by atoms with E-state index in [1.54, 1.807) is 18.4 Å². The summed E-state index contributed by atoms with van der Waals surface area (Å²) >= 11 is 1.71. The zero-order chi connectivity index (χ0) is 15.5. The highest BCUT2D eigenvalue weighted by atomic mass is 127. The average Bonchev–Trinajstić information content (AvgIpc) is 2.89. The number of carbonyl (C=O) groups is 1. The Hall–Kier alpha value is -0.900. The van der Waals surface area contributed by atoms with Crippen molar-refractivity contribution in [1.82, 2.24) is 20.9 Å². The van der Waals surface area contributed by atoms with Crippen molar-refractivity contribution in [3.8, 4) is 0 Å². The second kappa shape index (κ2) is 12.6. The van der Waals surface area contributed by atoms with Gasteiger partial charge in [-0.05, 0) is 13.3 Å². The van der Waals surface area contributed by atoms with Crippen LogP contribution in [0.25, 0.3) is 0 Å². The predicted molar refractivity (Wildman–Crippen MR) is 103 cm³/mol. The van der Waals surface area contributed by atoms with Crippen LogP contribution in [0, 0.1) is 6.92 Å². The molecule has 1 heterocycles. The van der Waals surface area contributed by atoms with Crippen LogP contribution < -0.4 is 16.0 Å². The van der Waals surface area contributed by atoms with Crippen molar-refractivity contribution in [3.05, 3.63) is 16.1 Å². The van der Waals surface area contributed by atoms with Gasteiger partial charge in [0.05, 0.1) is 5.01 Å². The molecule has 0 radical (unpaired) electrons. The zero-order valence-electron chi connectivity index (χ0n) is 13.4. The van der Waals surface area contributed by atoms with Crippen LogP contribution in [0.1, 0.15) is 29.7 Å². The lowest BCUT2D eigenvalue weighted by Crippen LogP contribution is -2.40. The largest absolute Gasteiger partial charge is 0.356 e. The second-order valence-corrected chi connectivity index (χ2v) is 5.96. The van der Waals surface area contributed by atoms with Crippen LogP contribution in [-0.4, -0.2) is 43.5 Å². The van der Waals surface area contributed by atoms with Gasteiger partial charge in [-0.3, -0.25) is 9.79 Å². The van der Waals surface area contributed by atoms with Crippen molar-refractivity contribution in [3.63, 3.8) is 0 Å². The highest BCUT2D eigenvalue weighted by Crippen LogP contribution is 2.10.